The maximum Gasteiger partial charge on any atom is 0.115 e. The SMILES string of the molecule is C.CCC.CCC.CCC.CCC.Oc1ccccc1.Oc1ccccc1.Oc1ccccc1.c1ccccc1.c1ccccc1. The molecule has 5 aromatic rings. The third-order valence-corrected chi connectivity index (χ3v) is 3.60. The smallest absolute Gasteiger partial charge is 0.115 e. The fraction of sp³-hybridized carbons (Fsp3) is 0.302. The van der Waals surface area contributed by atoms with Crippen LogP contribution in [0.4, 0.5) is 0 Å². The molecule has 46 heavy (non-hydrogen) atoms. The van der Waals surface area contributed by atoms with Crippen molar-refractivity contribution in [2.75, 3.05) is 0 Å². The van der Waals surface area contributed by atoms with Gasteiger partial charge in [0.2, 0.25) is 0 Å². The quantitative estimate of drug-likeness (QED) is 0.159. The second-order valence-corrected chi connectivity index (χ2v) is 9.14. The molecular weight excluding hydrogens is 564 g/mol. The lowest BCUT2D eigenvalue weighted by Crippen LogP contribution is -1.56. The van der Waals surface area contributed by atoms with E-state index in [1.807, 2.05) is 91.0 Å². The van der Waals surface area contributed by atoms with Crippen molar-refractivity contribution in [3.63, 3.8) is 0 Å². The molecule has 0 bridgehead atoms. The number of aromatic hydroxyl groups is 3. The third kappa shape index (κ3) is 59.0. The fourth-order valence-corrected chi connectivity index (χ4v) is 2.05. The van der Waals surface area contributed by atoms with Gasteiger partial charge in [-0.1, -0.05) is 216 Å². The monoisotopic (exact) mass is 631 g/mol. The highest BCUT2D eigenvalue weighted by Crippen LogP contribution is 2.04. The average Bonchev–Trinajstić information content (AvgIpc) is 3.07. The molecule has 0 fully saturated rings. The predicted molar refractivity (Wildman–Crippen MR) is 208 cm³/mol. The Labute approximate surface area is 284 Å². The summed E-state index contributed by atoms with van der Waals surface area (Å²) in [6.45, 7) is 17.0. The Morgan fingerprint density at radius 1 is 0.261 bits per heavy atom. The zero-order chi connectivity index (χ0) is 34.7. The average molecular weight is 631 g/mol. The zero-order valence-electron chi connectivity index (χ0n) is 29.3. The van der Waals surface area contributed by atoms with Gasteiger partial charge in [-0.3, -0.25) is 0 Å². The molecule has 256 valence electrons. The summed E-state index contributed by atoms with van der Waals surface area (Å²) in [5.41, 5.74) is 0. The first-order valence-corrected chi connectivity index (χ1v) is 16.1. The number of benzene rings is 5. The summed E-state index contributed by atoms with van der Waals surface area (Å²) >= 11 is 0. The lowest BCUT2D eigenvalue weighted by atomic mass is 10.3. The van der Waals surface area contributed by atoms with Crippen LogP contribution in [0.25, 0.3) is 0 Å². The molecule has 0 atom stereocenters. The summed E-state index contributed by atoms with van der Waals surface area (Å²) in [4.78, 5) is 0. The van der Waals surface area contributed by atoms with Crippen molar-refractivity contribution < 1.29 is 15.3 Å². The first-order valence-electron chi connectivity index (χ1n) is 16.1. The van der Waals surface area contributed by atoms with Crippen molar-refractivity contribution in [1.82, 2.24) is 0 Å². The molecule has 3 heteroatoms. The van der Waals surface area contributed by atoms with Crippen molar-refractivity contribution >= 4 is 0 Å². The molecule has 0 aromatic heterocycles. The van der Waals surface area contributed by atoms with Crippen LogP contribution in [-0.4, -0.2) is 15.3 Å². The second kappa shape index (κ2) is 50.1. The van der Waals surface area contributed by atoms with E-state index in [0.29, 0.717) is 17.2 Å². The standard InChI is InChI=1S/3C6H6O.2C6H6.4C3H8.CH4/c3*7-6-4-2-1-3-5-6;2*1-2-4-6-5-3-1;4*1-3-2;/h3*1-5,7H;2*1-6H;4*3H2,1-2H3;1H4. The molecular formula is C43H66O3. The molecule has 0 radical (unpaired) electrons. The van der Waals surface area contributed by atoms with Gasteiger partial charge in [-0.15, -0.1) is 0 Å². The lowest BCUT2D eigenvalue weighted by molar-refractivity contribution is 0.475. The van der Waals surface area contributed by atoms with E-state index in [1.165, 1.54) is 25.7 Å². The Kier molecular flexibility index (Phi) is 55.7. The normalized spacial score (nSPS) is 7.57. The van der Waals surface area contributed by atoms with Gasteiger partial charge in [-0.25, -0.2) is 0 Å². The van der Waals surface area contributed by atoms with Crippen LogP contribution in [0.3, 0.4) is 0 Å². The van der Waals surface area contributed by atoms with Crippen LogP contribution in [0.1, 0.15) is 88.5 Å². The van der Waals surface area contributed by atoms with Crippen molar-refractivity contribution in [2.45, 2.75) is 88.5 Å². The van der Waals surface area contributed by atoms with E-state index < -0.39 is 0 Å². The molecule has 0 heterocycles. The minimum Gasteiger partial charge on any atom is -0.508 e. The summed E-state index contributed by atoms with van der Waals surface area (Å²) < 4.78 is 0. The van der Waals surface area contributed by atoms with Crippen LogP contribution >= 0.6 is 0 Å². The third-order valence-electron chi connectivity index (χ3n) is 3.60. The van der Waals surface area contributed by atoms with E-state index in [2.05, 4.69) is 55.4 Å². The van der Waals surface area contributed by atoms with Gasteiger partial charge in [0.15, 0.2) is 0 Å². The highest BCUT2D eigenvalue weighted by atomic mass is 16.3. The van der Waals surface area contributed by atoms with Gasteiger partial charge in [0.25, 0.3) is 0 Å². The Morgan fingerprint density at radius 2 is 0.348 bits per heavy atom. The molecule has 0 aliphatic heterocycles. The molecule has 0 aliphatic rings. The summed E-state index contributed by atoms with van der Waals surface area (Å²) in [6, 6.07) is 50.1. The van der Waals surface area contributed by atoms with Crippen molar-refractivity contribution in [3.05, 3.63) is 164 Å². The molecule has 3 N–H and O–H groups in total. The maximum absolute atomic E-state index is 8.63. The molecule has 0 saturated heterocycles. The minimum atomic E-state index is 0. The minimum absolute atomic E-state index is 0. The molecule has 3 nitrogen and oxygen atoms in total. The molecule has 0 spiro atoms. The molecule has 0 unspecified atom stereocenters. The van der Waals surface area contributed by atoms with Crippen LogP contribution in [-0.2, 0) is 0 Å². The van der Waals surface area contributed by atoms with Crippen LogP contribution in [0, 0.1) is 0 Å². The molecule has 0 amide bonds. The predicted octanol–water partition coefficient (Wildman–Crippen LogP) is 13.9. The maximum atomic E-state index is 8.63. The number of hydrogen-bond acceptors (Lipinski definition) is 3. The van der Waals surface area contributed by atoms with E-state index in [4.69, 9.17) is 15.3 Å². The van der Waals surface area contributed by atoms with Crippen molar-refractivity contribution in [3.8, 4) is 17.2 Å². The molecule has 5 aromatic carbocycles. The van der Waals surface area contributed by atoms with Gasteiger partial charge < -0.3 is 15.3 Å². The number of para-hydroxylation sites is 3. The lowest BCUT2D eigenvalue weighted by Gasteiger charge is -1.82. The van der Waals surface area contributed by atoms with Gasteiger partial charge in [-0.2, -0.15) is 0 Å². The van der Waals surface area contributed by atoms with Crippen molar-refractivity contribution in [1.29, 1.82) is 0 Å². The van der Waals surface area contributed by atoms with Crippen LogP contribution in [0.2, 0.25) is 0 Å². The Hall–Kier alpha value is -4.50. The summed E-state index contributed by atoms with van der Waals surface area (Å²) in [5.74, 6) is 0.965. The zero-order valence-corrected chi connectivity index (χ0v) is 29.3. The first-order chi connectivity index (χ1) is 21.8. The molecule has 0 saturated carbocycles. The Morgan fingerprint density at radius 3 is 0.413 bits per heavy atom. The van der Waals surface area contributed by atoms with E-state index in [9.17, 15) is 0 Å². The van der Waals surface area contributed by atoms with Crippen LogP contribution in [0.5, 0.6) is 17.2 Å². The molecule has 0 aliphatic carbocycles. The van der Waals surface area contributed by atoms with Gasteiger partial charge in [0.05, 0.1) is 0 Å². The summed E-state index contributed by atoms with van der Waals surface area (Å²) in [5, 5.41) is 25.9. The van der Waals surface area contributed by atoms with E-state index in [1.54, 1.807) is 72.8 Å². The van der Waals surface area contributed by atoms with E-state index in [-0.39, 0.29) is 7.43 Å². The first kappa shape index (κ1) is 51.1. The highest BCUT2D eigenvalue weighted by Gasteiger charge is 1.76. The van der Waals surface area contributed by atoms with Crippen LogP contribution < -0.4 is 0 Å². The van der Waals surface area contributed by atoms with Crippen LogP contribution in [0.15, 0.2) is 164 Å². The number of rotatable bonds is 0. The molecule has 5 rings (SSSR count). The number of phenolic OH excluding ortho intramolecular Hbond substituents is 3. The van der Waals surface area contributed by atoms with E-state index in [0.717, 1.165) is 0 Å². The second-order valence-electron chi connectivity index (χ2n) is 9.14. The van der Waals surface area contributed by atoms with Gasteiger partial charge in [0.1, 0.15) is 17.2 Å². The topological polar surface area (TPSA) is 60.7 Å². The van der Waals surface area contributed by atoms with E-state index >= 15 is 0 Å². The summed E-state index contributed by atoms with van der Waals surface area (Å²) in [6.07, 6.45) is 5.00. The van der Waals surface area contributed by atoms with Gasteiger partial charge >= 0.3 is 0 Å². The Bertz CT molecular complexity index is 891. The number of hydrogen-bond donors (Lipinski definition) is 3. The van der Waals surface area contributed by atoms with Gasteiger partial charge in [0, 0.05) is 0 Å². The highest BCUT2D eigenvalue weighted by molar-refractivity contribution is 5.19. The summed E-state index contributed by atoms with van der Waals surface area (Å²) in [7, 11) is 0. The van der Waals surface area contributed by atoms with Gasteiger partial charge in [-0.05, 0) is 36.4 Å². The van der Waals surface area contributed by atoms with Crippen molar-refractivity contribution in [2.24, 2.45) is 0 Å². The Balaban J connectivity index is -0.000000140. The number of phenols is 3. The largest absolute Gasteiger partial charge is 0.508 e. The fourth-order valence-electron chi connectivity index (χ4n) is 2.05.